The number of aliphatic hydroxyl groups excluding tert-OH is 1. The zero-order chi connectivity index (χ0) is 17.8. The van der Waals surface area contributed by atoms with Gasteiger partial charge in [-0.05, 0) is 43.2 Å². The van der Waals surface area contributed by atoms with E-state index in [1.165, 1.54) is 6.07 Å². The molecule has 1 aromatic heterocycles. The molecule has 0 radical (unpaired) electrons. The van der Waals surface area contributed by atoms with Crippen molar-refractivity contribution in [1.29, 1.82) is 0 Å². The summed E-state index contributed by atoms with van der Waals surface area (Å²) in [4.78, 5) is 4.34. The van der Waals surface area contributed by atoms with E-state index in [4.69, 9.17) is 0 Å². The van der Waals surface area contributed by atoms with Crippen LogP contribution in [0.5, 0.6) is 0 Å². The number of rotatable bonds is 5. The van der Waals surface area contributed by atoms with Crippen molar-refractivity contribution in [3.8, 4) is 0 Å². The number of aromatic nitrogens is 2. The maximum atomic E-state index is 13.4. The van der Waals surface area contributed by atoms with E-state index in [2.05, 4.69) is 20.0 Å². The SMILES string of the molecule is Cc1ccc(N2CCN(Cc3ccc(F)c(F)c3)[C@@H](CCO)C2)nn1. The van der Waals surface area contributed by atoms with Crippen LogP contribution in [0.1, 0.15) is 17.7 Å². The van der Waals surface area contributed by atoms with E-state index in [1.54, 1.807) is 6.07 Å². The summed E-state index contributed by atoms with van der Waals surface area (Å²) in [6.45, 7) is 4.72. The Labute approximate surface area is 145 Å². The third-order valence-electron chi connectivity index (χ3n) is 4.54. The van der Waals surface area contributed by atoms with Crippen LogP contribution in [0.15, 0.2) is 30.3 Å². The van der Waals surface area contributed by atoms with Crippen molar-refractivity contribution in [3.05, 3.63) is 53.2 Å². The zero-order valence-electron chi connectivity index (χ0n) is 14.2. The lowest BCUT2D eigenvalue weighted by molar-refractivity contribution is 0.135. The normalized spacial score (nSPS) is 18.6. The minimum absolute atomic E-state index is 0.0758. The third kappa shape index (κ3) is 4.29. The fourth-order valence-electron chi connectivity index (χ4n) is 3.17. The molecule has 2 heterocycles. The summed E-state index contributed by atoms with van der Waals surface area (Å²) in [5.74, 6) is -0.843. The van der Waals surface area contributed by atoms with Crippen LogP contribution >= 0.6 is 0 Å². The molecule has 1 aliphatic heterocycles. The molecule has 0 amide bonds. The number of hydrogen-bond donors (Lipinski definition) is 1. The highest BCUT2D eigenvalue weighted by molar-refractivity contribution is 5.38. The number of hydrogen-bond acceptors (Lipinski definition) is 5. The van der Waals surface area contributed by atoms with Crippen LogP contribution < -0.4 is 4.90 Å². The topological polar surface area (TPSA) is 52.5 Å². The smallest absolute Gasteiger partial charge is 0.159 e. The Balaban J connectivity index is 1.70. The number of anilines is 1. The molecule has 1 saturated heterocycles. The maximum Gasteiger partial charge on any atom is 0.159 e. The predicted octanol–water partition coefficient (Wildman–Crippen LogP) is 2.14. The fraction of sp³-hybridized carbons (Fsp3) is 0.444. The van der Waals surface area contributed by atoms with Gasteiger partial charge in [0, 0.05) is 38.8 Å². The van der Waals surface area contributed by atoms with Gasteiger partial charge in [-0.3, -0.25) is 4.90 Å². The van der Waals surface area contributed by atoms with Gasteiger partial charge < -0.3 is 10.0 Å². The van der Waals surface area contributed by atoms with Gasteiger partial charge in [-0.2, -0.15) is 5.10 Å². The van der Waals surface area contributed by atoms with Crippen molar-refractivity contribution in [1.82, 2.24) is 15.1 Å². The Kier molecular flexibility index (Phi) is 5.55. The lowest BCUT2D eigenvalue weighted by atomic mass is 10.1. The Morgan fingerprint density at radius 3 is 2.64 bits per heavy atom. The molecule has 0 spiro atoms. The van der Waals surface area contributed by atoms with Crippen LogP contribution in [0, 0.1) is 18.6 Å². The summed E-state index contributed by atoms with van der Waals surface area (Å²) in [5.41, 5.74) is 1.60. The van der Waals surface area contributed by atoms with Gasteiger partial charge in [0.25, 0.3) is 0 Å². The molecule has 1 fully saturated rings. The monoisotopic (exact) mass is 348 g/mol. The molecule has 0 bridgehead atoms. The van der Waals surface area contributed by atoms with Crippen LogP contribution in [-0.2, 0) is 6.54 Å². The molecule has 1 atom stereocenters. The van der Waals surface area contributed by atoms with E-state index in [0.29, 0.717) is 19.5 Å². The Bertz CT molecular complexity index is 711. The fourth-order valence-corrected chi connectivity index (χ4v) is 3.17. The van der Waals surface area contributed by atoms with Gasteiger partial charge in [0.05, 0.1) is 5.69 Å². The highest BCUT2D eigenvalue weighted by Gasteiger charge is 2.27. The molecule has 2 aromatic rings. The van der Waals surface area contributed by atoms with E-state index in [9.17, 15) is 13.9 Å². The van der Waals surface area contributed by atoms with Crippen LogP contribution in [0.2, 0.25) is 0 Å². The van der Waals surface area contributed by atoms with Gasteiger partial charge in [-0.15, -0.1) is 5.10 Å². The Morgan fingerprint density at radius 1 is 1.12 bits per heavy atom. The summed E-state index contributed by atoms with van der Waals surface area (Å²) < 4.78 is 26.5. The first-order valence-electron chi connectivity index (χ1n) is 8.41. The third-order valence-corrected chi connectivity index (χ3v) is 4.54. The molecule has 1 aromatic carbocycles. The van der Waals surface area contributed by atoms with Gasteiger partial charge in [-0.1, -0.05) is 6.07 Å². The molecule has 25 heavy (non-hydrogen) atoms. The maximum absolute atomic E-state index is 13.4. The van der Waals surface area contributed by atoms with Crippen molar-refractivity contribution in [3.63, 3.8) is 0 Å². The van der Waals surface area contributed by atoms with Crippen molar-refractivity contribution >= 4 is 5.82 Å². The lowest BCUT2D eigenvalue weighted by Crippen LogP contribution is -2.53. The largest absolute Gasteiger partial charge is 0.396 e. The quantitative estimate of drug-likeness (QED) is 0.897. The predicted molar refractivity (Wildman–Crippen MR) is 91.2 cm³/mol. The summed E-state index contributed by atoms with van der Waals surface area (Å²) in [5, 5.41) is 17.7. The number of nitrogens with zero attached hydrogens (tertiary/aromatic N) is 4. The van der Waals surface area contributed by atoms with Crippen LogP contribution in [0.3, 0.4) is 0 Å². The van der Waals surface area contributed by atoms with Crippen molar-refractivity contribution in [2.45, 2.75) is 25.9 Å². The van der Waals surface area contributed by atoms with Crippen molar-refractivity contribution in [2.24, 2.45) is 0 Å². The molecule has 0 unspecified atom stereocenters. The first-order valence-corrected chi connectivity index (χ1v) is 8.41. The van der Waals surface area contributed by atoms with E-state index in [0.717, 1.165) is 36.2 Å². The summed E-state index contributed by atoms with van der Waals surface area (Å²) >= 11 is 0. The molecule has 7 heteroatoms. The molecule has 134 valence electrons. The van der Waals surface area contributed by atoms with Gasteiger partial charge >= 0.3 is 0 Å². The minimum Gasteiger partial charge on any atom is -0.396 e. The number of aryl methyl sites for hydroxylation is 1. The molecule has 0 aliphatic carbocycles. The molecular formula is C18H22F2N4O. The first kappa shape index (κ1) is 17.7. The molecule has 1 aliphatic rings. The minimum atomic E-state index is -0.835. The van der Waals surface area contributed by atoms with Crippen LogP contribution in [0.4, 0.5) is 14.6 Å². The second-order valence-corrected chi connectivity index (χ2v) is 6.36. The van der Waals surface area contributed by atoms with Gasteiger partial charge in [-0.25, -0.2) is 8.78 Å². The average Bonchev–Trinajstić information content (AvgIpc) is 2.60. The molecule has 0 saturated carbocycles. The summed E-state index contributed by atoms with van der Waals surface area (Å²) in [6.07, 6.45) is 0.611. The van der Waals surface area contributed by atoms with Crippen molar-refractivity contribution in [2.75, 3.05) is 31.1 Å². The molecule has 3 rings (SSSR count). The van der Waals surface area contributed by atoms with Crippen LogP contribution in [-0.4, -0.2) is 52.5 Å². The summed E-state index contributed by atoms with van der Waals surface area (Å²) in [6, 6.07) is 7.98. The number of halogens is 2. The van der Waals surface area contributed by atoms with E-state index in [1.807, 2.05) is 19.1 Å². The Hall–Kier alpha value is -2.12. The van der Waals surface area contributed by atoms with Gasteiger partial charge in [0.15, 0.2) is 17.5 Å². The molecular weight excluding hydrogens is 326 g/mol. The van der Waals surface area contributed by atoms with Gasteiger partial charge in [0.2, 0.25) is 0 Å². The standard InChI is InChI=1S/C18H22F2N4O/c1-13-2-5-18(22-21-13)24-8-7-23(15(12-24)6-9-25)11-14-3-4-16(19)17(20)10-14/h2-5,10,15,25H,6-9,11-12H2,1H3/t15-/m0/s1. The van der Waals surface area contributed by atoms with E-state index < -0.39 is 11.6 Å². The first-order chi connectivity index (χ1) is 12.1. The second-order valence-electron chi connectivity index (χ2n) is 6.36. The van der Waals surface area contributed by atoms with Crippen molar-refractivity contribution < 1.29 is 13.9 Å². The number of benzene rings is 1. The van der Waals surface area contributed by atoms with E-state index >= 15 is 0 Å². The second kappa shape index (κ2) is 7.84. The molecule has 1 N–H and O–H groups in total. The van der Waals surface area contributed by atoms with Crippen LogP contribution in [0.25, 0.3) is 0 Å². The Morgan fingerprint density at radius 2 is 1.96 bits per heavy atom. The van der Waals surface area contributed by atoms with Gasteiger partial charge in [0.1, 0.15) is 0 Å². The number of piperazine rings is 1. The van der Waals surface area contributed by atoms with E-state index in [-0.39, 0.29) is 12.6 Å². The highest BCUT2D eigenvalue weighted by atomic mass is 19.2. The highest BCUT2D eigenvalue weighted by Crippen LogP contribution is 2.21. The average molecular weight is 348 g/mol. The summed E-state index contributed by atoms with van der Waals surface area (Å²) in [7, 11) is 0. The zero-order valence-corrected chi connectivity index (χ0v) is 14.2. The molecule has 5 nitrogen and oxygen atoms in total. The number of aliphatic hydroxyl groups is 1. The lowest BCUT2D eigenvalue weighted by Gasteiger charge is -2.41.